The predicted molar refractivity (Wildman–Crippen MR) is 85.7 cm³/mol. The molecule has 2 aliphatic carbocycles. The quantitative estimate of drug-likeness (QED) is 0.856. The molecule has 1 amide bonds. The smallest absolute Gasteiger partial charge is 0.410 e. The Kier molecular flexibility index (Phi) is 3.43. The topological polar surface area (TPSA) is 48.0 Å². The number of methoxy groups -OCH3 is 2. The number of carbonyl (C=O) groups excluding carboxylic acids is 1. The highest BCUT2D eigenvalue weighted by molar-refractivity contribution is 5.83. The summed E-state index contributed by atoms with van der Waals surface area (Å²) in [5, 5.41) is 0. The number of carbonyl (C=O) groups is 1. The van der Waals surface area contributed by atoms with Crippen molar-refractivity contribution in [2.24, 2.45) is 0 Å². The number of nitrogens with zero attached hydrogens (tertiary/aromatic N) is 1. The standard InChI is InChI=1S/C18H21NO4/c1-21-15-9-13-11-5-3-4-6-12(11)17(14(13)10-16(15)22-2)19-7-8-23-18(19)20/h9-10,17H,3-8H2,1-2H3. The highest BCUT2D eigenvalue weighted by Gasteiger charge is 2.41. The summed E-state index contributed by atoms with van der Waals surface area (Å²) in [5.41, 5.74) is 5.12. The minimum atomic E-state index is -0.213. The average Bonchev–Trinajstić information content (AvgIpc) is 3.14. The van der Waals surface area contributed by atoms with Gasteiger partial charge in [0.1, 0.15) is 6.61 Å². The maximum absolute atomic E-state index is 12.1. The van der Waals surface area contributed by atoms with E-state index in [-0.39, 0.29) is 12.1 Å². The Labute approximate surface area is 135 Å². The van der Waals surface area contributed by atoms with Gasteiger partial charge in [-0.25, -0.2) is 4.79 Å². The van der Waals surface area contributed by atoms with Gasteiger partial charge in [-0.2, -0.15) is 0 Å². The zero-order chi connectivity index (χ0) is 16.0. The molecule has 5 nitrogen and oxygen atoms in total. The molecule has 1 saturated heterocycles. The zero-order valence-corrected chi connectivity index (χ0v) is 13.6. The van der Waals surface area contributed by atoms with Gasteiger partial charge in [-0.1, -0.05) is 0 Å². The van der Waals surface area contributed by atoms with E-state index < -0.39 is 0 Å². The van der Waals surface area contributed by atoms with Gasteiger partial charge in [-0.05, 0) is 60.1 Å². The Hall–Kier alpha value is -2.17. The van der Waals surface area contributed by atoms with Gasteiger partial charge < -0.3 is 14.2 Å². The monoisotopic (exact) mass is 315 g/mol. The lowest BCUT2D eigenvalue weighted by atomic mass is 9.90. The average molecular weight is 315 g/mol. The van der Waals surface area contributed by atoms with Crippen LogP contribution in [-0.4, -0.2) is 38.4 Å². The van der Waals surface area contributed by atoms with Crippen molar-refractivity contribution in [1.29, 1.82) is 0 Å². The van der Waals surface area contributed by atoms with E-state index in [0.29, 0.717) is 18.9 Å². The van der Waals surface area contributed by atoms with E-state index >= 15 is 0 Å². The van der Waals surface area contributed by atoms with Crippen LogP contribution in [0.25, 0.3) is 5.57 Å². The number of hydrogen-bond acceptors (Lipinski definition) is 4. The van der Waals surface area contributed by atoms with Crippen LogP contribution in [0.1, 0.15) is 42.9 Å². The van der Waals surface area contributed by atoms with Gasteiger partial charge >= 0.3 is 6.09 Å². The van der Waals surface area contributed by atoms with E-state index in [0.717, 1.165) is 24.2 Å². The number of allylic oxidation sites excluding steroid dienone is 1. The number of hydrogen-bond donors (Lipinski definition) is 0. The molecular formula is C18H21NO4. The first-order chi connectivity index (χ1) is 11.2. The van der Waals surface area contributed by atoms with Crippen LogP contribution >= 0.6 is 0 Å². The number of fused-ring (bicyclic) bond motifs is 2. The van der Waals surface area contributed by atoms with Gasteiger partial charge in [0.2, 0.25) is 0 Å². The summed E-state index contributed by atoms with van der Waals surface area (Å²) in [6.45, 7) is 1.12. The fourth-order valence-corrected chi connectivity index (χ4v) is 4.10. The number of cyclic esters (lactones) is 1. The minimum Gasteiger partial charge on any atom is -0.493 e. The van der Waals surface area contributed by atoms with Crippen molar-refractivity contribution in [2.45, 2.75) is 31.7 Å². The molecule has 23 heavy (non-hydrogen) atoms. The van der Waals surface area contributed by atoms with E-state index in [1.165, 1.54) is 29.6 Å². The normalized spacial score (nSPS) is 22.8. The second-order valence-electron chi connectivity index (χ2n) is 6.22. The van der Waals surface area contributed by atoms with Crippen molar-refractivity contribution in [3.8, 4) is 11.5 Å². The summed E-state index contributed by atoms with van der Waals surface area (Å²) in [7, 11) is 3.30. The van der Waals surface area contributed by atoms with Gasteiger partial charge in [0, 0.05) is 0 Å². The lowest BCUT2D eigenvalue weighted by molar-refractivity contribution is 0.151. The maximum atomic E-state index is 12.1. The second-order valence-corrected chi connectivity index (χ2v) is 6.22. The molecule has 3 aliphatic rings. The first-order valence-electron chi connectivity index (χ1n) is 8.16. The molecule has 0 aromatic heterocycles. The lowest BCUT2D eigenvalue weighted by Gasteiger charge is -2.27. The highest BCUT2D eigenvalue weighted by Crippen LogP contribution is 2.52. The Morgan fingerprint density at radius 3 is 2.57 bits per heavy atom. The van der Waals surface area contributed by atoms with Crippen LogP contribution in [0, 0.1) is 0 Å². The molecule has 1 atom stereocenters. The molecule has 1 fully saturated rings. The summed E-state index contributed by atoms with van der Waals surface area (Å²) >= 11 is 0. The molecule has 0 saturated carbocycles. The van der Waals surface area contributed by atoms with Crippen LogP contribution < -0.4 is 9.47 Å². The summed E-state index contributed by atoms with van der Waals surface area (Å²) in [6.07, 6.45) is 4.28. The molecular weight excluding hydrogens is 294 g/mol. The Morgan fingerprint density at radius 1 is 1.13 bits per heavy atom. The zero-order valence-electron chi connectivity index (χ0n) is 13.6. The summed E-state index contributed by atoms with van der Waals surface area (Å²) in [4.78, 5) is 14.0. The first kappa shape index (κ1) is 14.4. The molecule has 4 rings (SSSR count). The van der Waals surface area contributed by atoms with E-state index in [9.17, 15) is 4.79 Å². The lowest BCUT2D eigenvalue weighted by Crippen LogP contribution is -2.30. The summed E-state index contributed by atoms with van der Waals surface area (Å²) in [5.74, 6) is 1.46. The van der Waals surface area contributed by atoms with Crippen LogP contribution in [0.3, 0.4) is 0 Å². The Balaban J connectivity index is 1.87. The fraction of sp³-hybridized carbons (Fsp3) is 0.500. The third-order valence-corrected chi connectivity index (χ3v) is 5.12. The molecule has 0 N–H and O–H groups in total. The molecule has 1 aliphatic heterocycles. The van der Waals surface area contributed by atoms with Gasteiger partial charge in [0.25, 0.3) is 0 Å². The SMILES string of the molecule is COc1cc2c(cc1OC)C(N1CCOC1=O)C1=C2CCCC1. The fourth-order valence-electron chi connectivity index (χ4n) is 4.10. The van der Waals surface area contributed by atoms with Crippen LogP contribution in [-0.2, 0) is 4.74 Å². The highest BCUT2D eigenvalue weighted by atomic mass is 16.6. The van der Waals surface area contributed by atoms with E-state index in [1.807, 2.05) is 11.0 Å². The Morgan fingerprint density at radius 2 is 1.87 bits per heavy atom. The van der Waals surface area contributed by atoms with Crippen LogP contribution in [0.5, 0.6) is 11.5 Å². The third-order valence-electron chi connectivity index (χ3n) is 5.12. The molecule has 1 unspecified atom stereocenters. The van der Waals surface area contributed by atoms with Crippen molar-refractivity contribution in [3.05, 3.63) is 28.8 Å². The van der Waals surface area contributed by atoms with Gasteiger partial charge in [0.05, 0.1) is 26.8 Å². The molecule has 0 radical (unpaired) electrons. The van der Waals surface area contributed by atoms with Crippen LogP contribution in [0.2, 0.25) is 0 Å². The van der Waals surface area contributed by atoms with Crippen molar-refractivity contribution in [1.82, 2.24) is 4.90 Å². The van der Waals surface area contributed by atoms with Crippen molar-refractivity contribution in [2.75, 3.05) is 27.4 Å². The summed E-state index contributed by atoms with van der Waals surface area (Å²) in [6, 6.07) is 4.09. The van der Waals surface area contributed by atoms with Crippen LogP contribution in [0.4, 0.5) is 4.79 Å². The molecule has 0 spiro atoms. The molecule has 0 bridgehead atoms. The second kappa shape index (κ2) is 5.48. The van der Waals surface area contributed by atoms with Crippen molar-refractivity contribution in [3.63, 3.8) is 0 Å². The molecule has 1 heterocycles. The number of rotatable bonds is 3. The van der Waals surface area contributed by atoms with Crippen LogP contribution in [0.15, 0.2) is 17.7 Å². The van der Waals surface area contributed by atoms with E-state index in [2.05, 4.69) is 6.07 Å². The van der Waals surface area contributed by atoms with Crippen molar-refractivity contribution >= 4 is 11.7 Å². The van der Waals surface area contributed by atoms with Gasteiger partial charge in [-0.3, -0.25) is 4.90 Å². The third kappa shape index (κ3) is 2.10. The minimum absolute atomic E-state index is 0.00453. The number of benzene rings is 1. The first-order valence-corrected chi connectivity index (χ1v) is 8.16. The predicted octanol–water partition coefficient (Wildman–Crippen LogP) is 3.54. The molecule has 122 valence electrons. The summed E-state index contributed by atoms with van der Waals surface area (Å²) < 4.78 is 16.1. The number of amides is 1. The number of ether oxygens (including phenoxy) is 3. The molecule has 5 heteroatoms. The maximum Gasteiger partial charge on any atom is 0.410 e. The van der Waals surface area contributed by atoms with Gasteiger partial charge in [0.15, 0.2) is 11.5 Å². The van der Waals surface area contributed by atoms with Crippen molar-refractivity contribution < 1.29 is 19.0 Å². The van der Waals surface area contributed by atoms with E-state index in [1.54, 1.807) is 14.2 Å². The largest absolute Gasteiger partial charge is 0.493 e. The van der Waals surface area contributed by atoms with Gasteiger partial charge in [-0.15, -0.1) is 0 Å². The molecule has 1 aromatic carbocycles. The van der Waals surface area contributed by atoms with E-state index in [4.69, 9.17) is 14.2 Å². The molecule has 1 aromatic rings. The Bertz CT molecular complexity index is 695.